The molecule has 0 atom stereocenters. The predicted molar refractivity (Wildman–Crippen MR) is 125 cm³/mol. The molecule has 2 fully saturated rings. The summed E-state index contributed by atoms with van der Waals surface area (Å²) in [4.78, 5) is 35.9. The number of rotatable bonds is 4. The van der Waals surface area contributed by atoms with E-state index in [-0.39, 0.29) is 17.7 Å². The van der Waals surface area contributed by atoms with E-state index in [0.717, 1.165) is 52.3 Å². The number of amides is 2. The van der Waals surface area contributed by atoms with Crippen LogP contribution in [0.15, 0.2) is 12.1 Å². The first-order chi connectivity index (χ1) is 13.9. The third-order valence-corrected chi connectivity index (χ3v) is 7.94. The van der Waals surface area contributed by atoms with Crippen LogP contribution in [-0.2, 0) is 4.79 Å². The number of carbonyl (C=O) groups excluding carboxylic acids is 2. The Morgan fingerprint density at radius 2 is 1.97 bits per heavy atom. The number of aryl methyl sites for hydroxylation is 1. The maximum absolute atomic E-state index is 13.0. The van der Waals surface area contributed by atoms with Crippen LogP contribution in [0.1, 0.15) is 40.5 Å². The predicted octanol–water partition coefficient (Wildman–Crippen LogP) is 2.82. The van der Waals surface area contributed by atoms with Crippen molar-refractivity contribution in [1.29, 1.82) is 0 Å². The highest BCUT2D eigenvalue weighted by atomic mass is 32.2. The summed E-state index contributed by atoms with van der Waals surface area (Å²) in [6, 6.07) is 3.85. The summed E-state index contributed by atoms with van der Waals surface area (Å²) >= 11 is 8.44. The molecular formula is C20H28N4O2S3. The molecule has 2 aliphatic rings. The first-order valence-electron chi connectivity index (χ1n) is 9.83. The third kappa shape index (κ3) is 5.64. The molecule has 0 aromatic carbocycles. The van der Waals surface area contributed by atoms with Crippen molar-refractivity contribution in [2.45, 2.75) is 25.7 Å². The van der Waals surface area contributed by atoms with E-state index < -0.39 is 0 Å². The lowest BCUT2D eigenvalue weighted by Gasteiger charge is -2.33. The molecule has 0 bridgehead atoms. The SMILES string of the molecule is Cc1ccc(C(=O)N2CCSC2)c(C2CCN(C(=O)CSC(=S)N(C)C)CC2)n1. The Morgan fingerprint density at radius 3 is 2.59 bits per heavy atom. The van der Waals surface area contributed by atoms with Crippen LogP contribution in [0, 0.1) is 6.92 Å². The molecule has 1 aromatic rings. The van der Waals surface area contributed by atoms with E-state index in [1.54, 1.807) is 11.8 Å². The van der Waals surface area contributed by atoms with E-state index in [1.807, 2.05) is 47.9 Å². The standard InChI is InChI=1S/C20H28N4O2S3/c1-14-4-5-16(19(26)24-10-11-28-13-24)18(21-14)15-6-8-23(9-7-15)17(25)12-29-20(27)22(2)3/h4-5,15H,6-13H2,1-3H3. The average molecular weight is 453 g/mol. The summed E-state index contributed by atoms with van der Waals surface area (Å²) in [5, 5.41) is 0. The minimum Gasteiger partial charge on any atom is -0.364 e. The van der Waals surface area contributed by atoms with Crippen molar-refractivity contribution < 1.29 is 9.59 Å². The molecule has 0 unspecified atom stereocenters. The number of likely N-dealkylation sites (tertiary alicyclic amines) is 1. The number of carbonyl (C=O) groups is 2. The molecule has 2 saturated heterocycles. The van der Waals surface area contributed by atoms with Gasteiger partial charge in [-0.3, -0.25) is 14.6 Å². The van der Waals surface area contributed by atoms with Crippen LogP contribution in [0.25, 0.3) is 0 Å². The summed E-state index contributed by atoms with van der Waals surface area (Å²) in [7, 11) is 3.78. The van der Waals surface area contributed by atoms with E-state index in [0.29, 0.717) is 18.8 Å². The Labute approximate surface area is 186 Å². The molecule has 158 valence electrons. The van der Waals surface area contributed by atoms with E-state index in [9.17, 15) is 9.59 Å². The van der Waals surface area contributed by atoms with E-state index >= 15 is 0 Å². The molecule has 3 rings (SSSR count). The first-order valence-corrected chi connectivity index (χ1v) is 12.4. The molecule has 0 spiro atoms. The lowest BCUT2D eigenvalue weighted by Crippen LogP contribution is -2.40. The zero-order valence-electron chi connectivity index (χ0n) is 17.2. The van der Waals surface area contributed by atoms with Gasteiger partial charge in [-0.25, -0.2) is 0 Å². The number of hydrogen-bond donors (Lipinski definition) is 0. The Morgan fingerprint density at radius 1 is 1.24 bits per heavy atom. The molecule has 0 saturated carbocycles. The molecule has 6 nitrogen and oxygen atoms in total. The second-order valence-corrected chi connectivity index (χ2v) is 10.3. The van der Waals surface area contributed by atoms with Crippen molar-refractivity contribution in [2.75, 3.05) is 51.1 Å². The van der Waals surface area contributed by atoms with Gasteiger partial charge >= 0.3 is 0 Å². The molecule has 2 aliphatic heterocycles. The number of aromatic nitrogens is 1. The minimum absolute atomic E-state index is 0.0876. The number of nitrogens with zero attached hydrogens (tertiary/aromatic N) is 4. The van der Waals surface area contributed by atoms with Gasteiger partial charge in [0.05, 0.1) is 22.9 Å². The van der Waals surface area contributed by atoms with Crippen LogP contribution in [0.4, 0.5) is 0 Å². The van der Waals surface area contributed by atoms with Crippen LogP contribution in [0.2, 0.25) is 0 Å². The van der Waals surface area contributed by atoms with Gasteiger partial charge in [-0.15, -0.1) is 11.8 Å². The van der Waals surface area contributed by atoms with Crippen LogP contribution in [0.3, 0.4) is 0 Å². The highest BCUT2D eigenvalue weighted by Crippen LogP contribution is 2.31. The monoisotopic (exact) mass is 452 g/mol. The Hall–Kier alpha value is -1.32. The third-order valence-electron chi connectivity index (χ3n) is 5.25. The normalized spacial score (nSPS) is 17.5. The molecule has 0 radical (unpaired) electrons. The van der Waals surface area contributed by atoms with Crippen molar-refractivity contribution in [3.05, 3.63) is 29.1 Å². The second kappa shape index (κ2) is 10.1. The second-order valence-electron chi connectivity index (χ2n) is 7.60. The first kappa shape index (κ1) is 22.4. The van der Waals surface area contributed by atoms with Crippen molar-refractivity contribution in [3.8, 4) is 0 Å². The van der Waals surface area contributed by atoms with Gasteiger partial charge in [0.1, 0.15) is 4.32 Å². The van der Waals surface area contributed by atoms with Crippen LogP contribution < -0.4 is 0 Å². The fourth-order valence-electron chi connectivity index (χ4n) is 3.56. The van der Waals surface area contributed by atoms with Gasteiger partial charge in [-0.05, 0) is 31.9 Å². The molecule has 2 amide bonds. The van der Waals surface area contributed by atoms with Gasteiger partial charge in [-0.1, -0.05) is 24.0 Å². The zero-order chi connectivity index (χ0) is 21.0. The highest BCUT2D eigenvalue weighted by molar-refractivity contribution is 8.23. The zero-order valence-corrected chi connectivity index (χ0v) is 19.7. The van der Waals surface area contributed by atoms with Crippen molar-refractivity contribution in [3.63, 3.8) is 0 Å². The van der Waals surface area contributed by atoms with Crippen molar-refractivity contribution in [2.24, 2.45) is 0 Å². The largest absolute Gasteiger partial charge is 0.364 e. The molecular weight excluding hydrogens is 424 g/mol. The van der Waals surface area contributed by atoms with Crippen LogP contribution in [-0.4, -0.2) is 86.9 Å². The molecule has 1 aromatic heterocycles. The van der Waals surface area contributed by atoms with Crippen LogP contribution in [0.5, 0.6) is 0 Å². The summed E-state index contributed by atoms with van der Waals surface area (Å²) in [6.45, 7) is 4.16. The Balaban J connectivity index is 1.63. The number of pyridine rings is 1. The lowest BCUT2D eigenvalue weighted by atomic mass is 9.89. The summed E-state index contributed by atoms with van der Waals surface area (Å²) in [5.41, 5.74) is 2.57. The highest BCUT2D eigenvalue weighted by Gasteiger charge is 2.30. The van der Waals surface area contributed by atoms with E-state index in [4.69, 9.17) is 17.2 Å². The lowest BCUT2D eigenvalue weighted by molar-refractivity contribution is -0.129. The average Bonchev–Trinajstić information content (AvgIpc) is 3.26. The summed E-state index contributed by atoms with van der Waals surface area (Å²) in [6.07, 6.45) is 1.67. The van der Waals surface area contributed by atoms with Crippen molar-refractivity contribution in [1.82, 2.24) is 19.7 Å². The number of thiocarbonyl (C=S) groups is 1. The van der Waals surface area contributed by atoms with Crippen molar-refractivity contribution >= 4 is 51.9 Å². The fourth-order valence-corrected chi connectivity index (χ4v) is 5.37. The Bertz CT molecular complexity index is 773. The number of piperidine rings is 1. The topological polar surface area (TPSA) is 56.8 Å². The summed E-state index contributed by atoms with van der Waals surface area (Å²) in [5.74, 6) is 2.55. The maximum atomic E-state index is 13.0. The van der Waals surface area contributed by atoms with Gasteiger partial charge in [0.2, 0.25) is 5.91 Å². The van der Waals surface area contributed by atoms with Gasteiger partial charge in [0, 0.05) is 51.1 Å². The maximum Gasteiger partial charge on any atom is 0.256 e. The van der Waals surface area contributed by atoms with Crippen LogP contribution >= 0.6 is 35.7 Å². The van der Waals surface area contributed by atoms with Gasteiger partial charge in [-0.2, -0.15) is 0 Å². The number of thioether (sulfide) groups is 2. The quantitative estimate of drug-likeness (QED) is 0.651. The van der Waals surface area contributed by atoms with E-state index in [2.05, 4.69) is 0 Å². The molecule has 0 N–H and O–H groups in total. The van der Waals surface area contributed by atoms with E-state index in [1.165, 1.54) is 11.8 Å². The molecule has 29 heavy (non-hydrogen) atoms. The smallest absolute Gasteiger partial charge is 0.256 e. The number of hydrogen-bond acceptors (Lipinski definition) is 6. The van der Waals surface area contributed by atoms with Gasteiger partial charge in [0.25, 0.3) is 5.91 Å². The Kier molecular flexibility index (Phi) is 7.81. The minimum atomic E-state index is 0.0876. The van der Waals surface area contributed by atoms with Gasteiger partial charge in [0.15, 0.2) is 0 Å². The summed E-state index contributed by atoms with van der Waals surface area (Å²) < 4.78 is 0.723. The van der Waals surface area contributed by atoms with Gasteiger partial charge < -0.3 is 14.7 Å². The molecule has 9 heteroatoms. The fraction of sp³-hybridized carbons (Fsp3) is 0.600. The molecule has 0 aliphatic carbocycles. The molecule has 3 heterocycles.